The van der Waals surface area contributed by atoms with Gasteiger partial charge in [-0.15, -0.1) is 0 Å². The maximum absolute atomic E-state index is 11.2. The molecule has 0 saturated carbocycles. The quantitative estimate of drug-likeness (QED) is 0.688. The Hall–Kier alpha value is -1.58. The second-order valence-corrected chi connectivity index (χ2v) is 3.56. The van der Waals surface area contributed by atoms with Crippen LogP contribution in [0.1, 0.15) is 27.3 Å². The van der Waals surface area contributed by atoms with Crippen molar-refractivity contribution in [3.8, 4) is 0 Å². The summed E-state index contributed by atoms with van der Waals surface area (Å²) in [5.41, 5.74) is 9.56. The molecule has 0 radical (unpaired) electrons. The second kappa shape index (κ2) is 2.97. The number of carbonyl (C=O) groups excluding carboxylic acids is 1. The van der Waals surface area contributed by atoms with Crippen LogP contribution in [-0.2, 0) is 6.42 Å². The van der Waals surface area contributed by atoms with E-state index < -0.39 is 5.91 Å². The Morgan fingerprint density at radius 2 is 2.21 bits per heavy atom. The third-order valence-corrected chi connectivity index (χ3v) is 2.61. The highest BCUT2D eigenvalue weighted by Gasteiger charge is 2.20. The van der Waals surface area contributed by atoms with Crippen LogP contribution in [0.4, 0.5) is 5.69 Å². The van der Waals surface area contributed by atoms with Crippen molar-refractivity contribution in [2.24, 2.45) is 5.73 Å². The maximum atomic E-state index is 11.2. The first-order valence-corrected chi connectivity index (χ1v) is 4.65. The predicted octanol–water partition coefficient (Wildman–Crippen LogP) is 0.765. The van der Waals surface area contributed by atoms with Crippen LogP contribution in [0.15, 0.2) is 0 Å². The third kappa shape index (κ3) is 1.14. The van der Waals surface area contributed by atoms with Gasteiger partial charge in [0.15, 0.2) is 0 Å². The second-order valence-electron chi connectivity index (χ2n) is 3.56. The molecule has 1 aromatic rings. The molecule has 0 bridgehead atoms. The van der Waals surface area contributed by atoms with Crippen LogP contribution in [0.25, 0.3) is 0 Å². The molecule has 2 rings (SSSR count). The van der Waals surface area contributed by atoms with Crippen LogP contribution >= 0.6 is 0 Å². The smallest absolute Gasteiger partial charge is 0.250 e. The van der Waals surface area contributed by atoms with Crippen LogP contribution < -0.4 is 11.1 Å². The van der Waals surface area contributed by atoms with Crippen molar-refractivity contribution >= 4 is 11.6 Å². The number of pyridine rings is 1. The van der Waals surface area contributed by atoms with Crippen LogP contribution in [0.2, 0.25) is 0 Å². The summed E-state index contributed by atoms with van der Waals surface area (Å²) in [4.78, 5) is 15.6. The molecule has 14 heavy (non-hydrogen) atoms. The molecule has 74 valence electrons. The van der Waals surface area contributed by atoms with Gasteiger partial charge in [0.05, 0.1) is 22.6 Å². The zero-order valence-corrected chi connectivity index (χ0v) is 8.35. The number of rotatable bonds is 1. The molecule has 0 spiro atoms. The lowest BCUT2D eigenvalue weighted by Crippen LogP contribution is -2.16. The summed E-state index contributed by atoms with van der Waals surface area (Å²) in [5.74, 6) is -0.399. The monoisotopic (exact) mass is 191 g/mol. The molecule has 1 aromatic heterocycles. The number of anilines is 1. The molecule has 1 amide bonds. The van der Waals surface area contributed by atoms with Crippen LogP contribution in [0.5, 0.6) is 0 Å². The Bertz CT molecular complexity index is 412. The van der Waals surface area contributed by atoms with E-state index in [2.05, 4.69) is 10.3 Å². The first-order valence-electron chi connectivity index (χ1n) is 4.65. The number of hydrogen-bond acceptors (Lipinski definition) is 3. The Morgan fingerprint density at radius 3 is 2.86 bits per heavy atom. The van der Waals surface area contributed by atoms with Gasteiger partial charge in [-0.05, 0) is 19.4 Å². The summed E-state index contributed by atoms with van der Waals surface area (Å²) in [5, 5.41) is 3.22. The van der Waals surface area contributed by atoms with Crippen LogP contribution in [0, 0.1) is 13.8 Å². The fraction of sp³-hybridized carbons (Fsp3) is 0.400. The van der Waals surface area contributed by atoms with Gasteiger partial charge in [0, 0.05) is 13.0 Å². The van der Waals surface area contributed by atoms with E-state index in [1.807, 2.05) is 13.8 Å². The van der Waals surface area contributed by atoms with Gasteiger partial charge >= 0.3 is 0 Å². The van der Waals surface area contributed by atoms with E-state index in [1.165, 1.54) is 0 Å². The summed E-state index contributed by atoms with van der Waals surface area (Å²) in [6, 6.07) is 0. The number of amides is 1. The molecule has 0 saturated heterocycles. The summed E-state index contributed by atoms with van der Waals surface area (Å²) in [7, 11) is 0. The van der Waals surface area contributed by atoms with E-state index >= 15 is 0 Å². The molecule has 1 aliphatic heterocycles. The van der Waals surface area contributed by atoms with E-state index in [9.17, 15) is 4.79 Å². The van der Waals surface area contributed by atoms with Gasteiger partial charge in [-0.3, -0.25) is 9.78 Å². The molecule has 4 heteroatoms. The fourth-order valence-electron chi connectivity index (χ4n) is 2.01. The number of nitrogens with zero attached hydrogens (tertiary/aromatic N) is 1. The standard InChI is InChI=1S/C10H13N3O/c1-5-8(10(11)14)6(2)13-7-3-4-12-9(5)7/h12H,3-4H2,1-2H3,(H2,11,14). The number of aryl methyl sites for hydroxylation is 1. The summed E-state index contributed by atoms with van der Waals surface area (Å²) < 4.78 is 0. The Balaban J connectivity index is 2.68. The summed E-state index contributed by atoms with van der Waals surface area (Å²) in [6.07, 6.45) is 0.927. The molecule has 0 fully saturated rings. The lowest BCUT2D eigenvalue weighted by Gasteiger charge is -2.10. The van der Waals surface area contributed by atoms with Crippen molar-refractivity contribution in [1.82, 2.24) is 4.98 Å². The molecular formula is C10H13N3O. The highest BCUT2D eigenvalue weighted by atomic mass is 16.1. The van der Waals surface area contributed by atoms with Crippen molar-refractivity contribution in [3.63, 3.8) is 0 Å². The number of carbonyl (C=O) groups is 1. The number of aromatic nitrogens is 1. The average Bonchev–Trinajstić information content (AvgIpc) is 2.50. The van der Waals surface area contributed by atoms with Gasteiger partial charge in [0.2, 0.25) is 0 Å². The molecule has 0 aliphatic carbocycles. The average molecular weight is 191 g/mol. The van der Waals surface area contributed by atoms with Crippen LogP contribution in [-0.4, -0.2) is 17.4 Å². The minimum Gasteiger partial charge on any atom is -0.383 e. The van der Waals surface area contributed by atoms with E-state index in [0.29, 0.717) is 5.56 Å². The summed E-state index contributed by atoms with van der Waals surface area (Å²) >= 11 is 0. The Morgan fingerprint density at radius 1 is 1.50 bits per heavy atom. The Kier molecular flexibility index (Phi) is 1.91. The van der Waals surface area contributed by atoms with E-state index in [0.717, 1.165) is 35.6 Å². The highest BCUT2D eigenvalue weighted by Crippen LogP contribution is 2.28. The van der Waals surface area contributed by atoms with Gasteiger partial charge in [0.1, 0.15) is 0 Å². The largest absolute Gasteiger partial charge is 0.383 e. The summed E-state index contributed by atoms with van der Waals surface area (Å²) in [6.45, 7) is 4.63. The Labute approximate surface area is 82.5 Å². The molecule has 3 N–H and O–H groups in total. The molecule has 0 unspecified atom stereocenters. The minimum absolute atomic E-state index is 0.399. The zero-order chi connectivity index (χ0) is 10.3. The van der Waals surface area contributed by atoms with Gasteiger partial charge < -0.3 is 11.1 Å². The van der Waals surface area contributed by atoms with Crippen LogP contribution in [0.3, 0.4) is 0 Å². The zero-order valence-electron chi connectivity index (χ0n) is 8.35. The van der Waals surface area contributed by atoms with Gasteiger partial charge in [0.25, 0.3) is 5.91 Å². The highest BCUT2D eigenvalue weighted by molar-refractivity contribution is 5.97. The normalized spacial score (nSPS) is 13.6. The number of fused-ring (bicyclic) bond motifs is 1. The number of nitrogens with two attached hydrogens (primary N) is 1. The lowest BCUT2D eigenvalue weighted by atomic mass is 10.0. The van der Waals surface area contributed by atoms with Crippen molar-refractivity contribution in [2.45, 2.75) is 20.3 Å². The van der Waals surface area contributed by atoms with Gasteiger partial charge in [-0.25, -0.2) is 0 Å². The molecule has 1 aliphatic rings. The van der Waals surface area contributed by atoms with Crippen molar-refractivity contribution in [3.05, 3.63) is 22.5 Å². The van der Waals surface area contributed by atoms with Crippen molar-refractivity contribution in [1.29, 1.82) is 0 Å². The van der Waals surface area contributed by atoms with Crippen molar-refractivity contribution < 1.29 is 4.79 Å². The predicted molar refractivity (Wildman–Crippen MR) is 54.4 cm³/mol. The van der Waals surface area contributed by atoms with Crippen molar-refractivity contribution in [2.75, 3.05) is 11.9 Å². The first kappa shape index (κ1) is 8.99. The maximum Gasteiger partial charge on any atom is 0.250 e. The number of hydrogen-bond donors (Lipinski definition) is 2. The molecular weight excluding hydrogens is 178 g/mol. The number of nitrogens with one attached hydrogen (secondary N) is 1. The van der Waals surface area contributed by atoms with Gasteiger partial charge in [-0.1, -0.05) is 0 Å². The molecule has 0 aromatic carbocycles. The third-order valence-electron chi connectivity index (χ3n) is 2.61. The SMILES string of the molecule is Cc1nc2c(c(C)c1C(N)=O)NCC2. The van der Waals surface area contributed by atoms with E-state index in [4.69, 9.17) is 5.73 Å². The molecule has 2 heterocycles. The number of primary amides is 1. The minimum atomic E-state index is -0.399. The van der Waals surface area contributed by atoms with Gasteiger partial charge in [-0.2, -0.15) is 0 Å². The first-order chi connectivity index (χ1) is 6.61. The fourth-order valence-corrected chi connectivity index (χ4v) is 2.01. The molecule has 0 atom stereocenters. The topological polar surface area (TPSA) is 68.0 Å². The van der Waals surface area contributed by atoms with E-state index in [-0.39, 0.29) is 0 Å². The van der Waals surface area contributed by atoms with E-state index in [1.54, 1.807) is 0 Å². The molecule has 4 nitrogen and oxygen atoms in total. The lowest BCUT2D eigenvalue weighted by molar-refractivity contribution is 0.0999.